The number of nitrogens with zero attached hydrogens (tertiary/aromatic N) is 2. The number of rotatable bonds is 5. The first kappa shape index (κ1) is 17.1. The van der Waals surface area contributed by atoms with Crippen LogP contribution in [0.3, 0.4) is 0 Å². The molecule has 3 heterocycles. The van der Waals surface area contributed by atoms with E-state index in [-0.39, 0.29) is 11.7 Å². The van der Waals surface area contributed by atoms with Crippen molar-refractivity contribution in [1.82, 2.24) is 20.3 Å². The molecular formula is C21H17FN4OS. The molecule has 1 aliphatic rings. The van der Waals surface area contributed by atoms with Crippen molar-refractivity contribution < 1.29 is 9.18 Å². The molecule has 3 aromatic heterocycles. The van der Waals surface area contributed by atoms with E-state index < -0.39 is 0 Å². The predicted molar refractivity (Wildman–Crippen MR) is 108 cm³/mol. The summed E-state index contributed by atoms with van der Waals surface area (Å²) in [5.74, 6) is 0.261. The van der Waals surface area contributed by atoms with E-state index in [0.29, 0.717) is 10.9 Å². The largest absolute Gasteiger partial charge is 0.350 e. The Hall–Kier alpha value is -3.06. The molecule has 2 N–H and O–H groups in total. The maximum Gasteiger partial charge on any atom is 0.280 e. The van der Waals surface area contributed by atoms with Crippen molar-refractivity contribution in [2.45, 2.75) is 12.8 Å². The van der Waals surface area contributed by atoms with Crippen LogP contribution in [-0.2, 0) is 0 Å². The highest BCUT2D eigenvalue weighted by molar-refractivity contribution is 7.12. The summed E-state index contributed by atoms with van der Waals surface area (Å²) in [7, 11) is 0. The summed E-state index contributed by atoms with van der Waals surface area (Å²) < 4.78 is 13.1. The van der Waals surface area contributed by atoms with Crippen molar-refractivity contribution in [2.24, 2.45) is 5.92 Å². The van der Waals surface area contributed by atoms with Crippen LogP contribution in [0.5, 0.6) is 0 Å². The van der Waals surface area contributed by atoms with Crippen molar-refractivity contribution >= 4 is 28.3 Å². The number of nitrogens with one attached hydrogen (secondary N) is 2. The Morgan fingerprint density at radius 1 is 1.21 bits per heavy atom. The quantitative estimate of drug-likeness (QED) is 0.520. The summed E-state index contributed by atoms with van der Waals surface area (Å²) in [4.78, 5) is 24.4. The molecule has 0 aliphatic heterocycles. The van der Waals surface area contributed by atoms with Gasteiger partial charge in [0, 0.05) is 34.8 Å². The highest BCUT2D eigenvalue weighted by atomic mass is 32.1. The van der Waals surface area contributed by atoms with Crippen LogP contribution < -0.4 is 5.32 Å². The van der Waals surface area contributed by atoms with Crippen LogP contribution >= 0.6 is 11.3 Å². The Labute approximate surface area is 164 Å². The number of H-pyrrole nitrogens is 1. The molecule has 5 nitrogen and oxygen atoms in total. The summed E-state index contributed by atoms with van der Waals surface area (Å²) in [5, 5.41) is 6.22. The van der Waals surface area contributed by atoms with Gasteiger partial charge in [0.1, 0.15) is 11.5 Å². The Balaban J connectivity index is 1.40. The average Bonchev–Trinajstić information content (AvgIpc) is 3.23. The minimum absolute atomic E-state index is 0.113. The number of pyridine rings is 1. The summed E-state index contributed by atoms with van der Waals surface area (Å²) in [5.41, 5.74) is 4.11. The van der Waals surface area contributed by atoms with E-state index in [9.17, 15) is 9.18 Å². The number of aromatic amines is 1. The van der Waals surface area contributed by atoms with E-state index in [4.69, 9.17) is 0 Å². The average molecular weight is 392 g/mol. The third kappa shape index (κ3) is 3.41. The lowest BCUT2D eigenvalue weighted by molar-refractivity contribution is 0.0951. The molecule has 4 aromatic rings. The topological polar surface area (TPSA) is 70.7 Å². The fourth-order valence-electron chi connectivity index (χ4n) is 3.09. The fraction of sp³-hybridized carbons (Fsp3) is 0.190. The number of fused-ring (bicyclic) bond motifs is 1. The lowest BCUT2D eigenvalue weighted by Crippen LogP contribution is -2.25. The molecule has 28 heavy (non-hydrogen) atoms. The second-order valence-electron chi connectivity index (χ2n) is 7.04. The highest BCUT2D eigenvalue weighted by Crippen LogP contribution is 2.29. The minimum atomic E-state index is -0.263. The van der Waals surface area contributed by atoms with Gasteiger partial charge in [-0.3, -0.25) is 4.79 Å². The van der Waals surface area contributed by atoms with Gasteiger partial charge in [0.15, 0.2) is 5.01 Å². The van der Waals surface area contributed by atoms with E-state index in [1.807, 2.05) is 17.5 Å². The SMILES string of the molecule is O=C(NCC1CC1)c1nc(-c2cnc3[nH]c(-c4ccc(F)cc4)cc3c2)cs1. The normalized spacial score (nSPS) is 13.8. The first-order valence-corrected chi connectivity index (χ1v) is 10.0. The molecule has 0 unspecified atom stereocenters. The maximum atomic E-state index is 13.1. The van der Waals surface area contributed by atoms with Crippen LogP contribution in [0.4, 0.5) is 4.39 Å². The van der Waals surface area contributed by atoms with Gasteiger partial charge in [-0.05, 0) is 60.7 Å². The zero-order chi connectivity index (χ0) is 19.1. The van der Waals surface area contributed by atoms with Crippen molar-refractivity contribution in [2.75, 3.05) is 6.54 Å². The molecule has 140 valence electrons. The standard InChI is InChI=1S/C21H17FN4OS/c22-16-5-3-13(4-6-16)17-8-14-7-15(10-23-19(14)25-17)18-11-28-21(26-18)20(27)24-9-12-1-2-12/h3-8,10-12H,1-2,9H2,(H,23,25)(H,24,27). The molecule has 5 rings (SSSR count). The van der Waals surface area contributed by atoms with E-state index in [0.717, 1.165) is 40.1 Å². The van der Waals surface area contributed by atoms with E-state index in [1.165, 1.54) is 36.3 Å². The number of halogens is 1. The van der Waals surface area contributed by atoms with E-state index >= 15 is 0 Å². The summed E-state index contributed by atoms with van der Waals surface area (Å²) >= 11 is 1.34. The first-order chi connectivity index (χ1) is 13.7. The Bertz CT molecular complexity index is 1160. The number of carbonyl (C=O) groups is 1. The molecule has 0 spiro atoms. The minimum Gasteiger partial charge on any atom is -0.350 e. The van der Waals surface area contributed by atoms with Gasteiger partial charge >= 0.3 is 0 Å². The van der Waals surface area contributed by atoms with Gasteiger partial charge < -0.3 is 10.3 Å². The molecule has 1 amide bonds. The molecule has 0 bridgehead atoms. The molecule has 0 radical (unpaired) electrons. The number of carbonyl (C=O) groups excluding carboxylic acids is 1. The van der Waals surface area contributed by atoms with Crippen LogP contribution in [-0.4, -0.2) is 27.4 Å². The number of thiazole rings is 1. The van der Waals surface area contributed by atoms with Gasteiger partial charge in [-0.15, -0.1) is 11.3 Å². The van der Waals surface area contributed by atoms with Crippen LogP contribution in [0.25, 0.3) is 33.5 Å². The summed E-state index contributed by atoms with van der Waals surface area (Å²) in [6, 6.07) is 10.3. The number of hydrogen-bond acceptors (Lipinski definition) is 4. The van der Waals surface area contributed by atoms with Gasteiger partial charge in [-0.2, -0.15) is 0 Å². The Kier molecular flexibility index (Phi) is 4.16. The number of aromatic nitrogens is 3. The molecule has 1 aromatic carbocycles. The first-order valence-electron chi connectivity index (χ1n) is 9.14. The number of hydrogen-bond donors (Lipinski definition) is 2. The highest BCUT2D eigenvalue weighted by Gasteiger charge is 2.22. The van der Waals surface area contributed by atoms with Crippen molar-refractivity contribution in [3.8, 4) is 22.5 Å². The van der Waals surface area contributed by atoms with Crippen LogP contribution in [0, 0.1) is 11.7 Å². The third-order valence-corrected chi connectivity index (χ3v) is 5.71. The van der Waals surface area contributed by atoms with Gasteiger partial charge in [0.2, 0.25) is 0 Å². The maximum absolute atomic E-state index is 13.1. The smallest absolute Gasteiger partial charge is 0.280 e. The summed E-state index contributed by atoms with van der Waals surface area (Å²) in [6.07, 6.45) is 4.14. The molecule has 0 saturated heterocycles. The second-order valence-corrected chi connectivity index (χ2v) is 7.90. The van der Waals surface area contributed by atoms with Crippen LogP contribution in [0.2, 0.25) is 0 Å². The predicted octanol–water partition coefficient (Wildman–Crippen LogP) is 4.63. The van der Waals surface area contributed by atoms with E-state index in [1.54, 1.807) is 18.3 Å². The molecule has 1 aliphatic carbocycles. The zero-order valence-electron chi connectivity index (χ0n) is 14.9. The molecule has 1 saturated carbocycles. The fourth-order valence-corrected chi connectivity index (χ4v) is 3.83. The molecule has 1 fully saturated rings. The van der Waals surface area contributed by atoms with Crippen molar-refractivity contribution in [3.05, 3.63) is 58.8 Å². The lowest BCUT2D eigenvalue weighted by Gasteiger charge is -2.00. The number of benzene rings is 1. The molecule has 0 atom stereocenters. The molecular weight excluding hydrogens is 375 g/mol. The van der Waals surface area contributed by atoms with Crippen molar-refractivity contribution in [1.29, 1.82) is 0 Å². The van der Waals surface area contributed by atoms with E-state index in [2.05, 4.69) is 20.3 Å². The third-order valence-electron chi connectivity index (χ3n) is 4.87. The zero-order valence-corrected chi connectivity index (χ0v) is 15.7. The second kappa shape index (κ2) is 6.83. The number of amides is 1. The molecule has 7 heteroatoms. The Morgan fingerprint density at radius 2 is 2.04 bits per heavy atom. The van der Waals surface area contributed by atoms with Gasteiger partial charge in [-0.1, -0.05) is 0 Å². The summed E-state index contributed by atoms with van der Waals surface area (Å²) in [6.45, 7) is 0.733. The lowest BCUT2D eigenvalue weighted by atomic mass is 10.1. The van der Waals surface area contributed by atoms with Crippen molar-refractivity contribution in [3.63, 3.8) is 0 Å². The Morgan fingerprint density at radius 3 is 2.82 bits per heavy atom. The van der Waals surface area contributed by atoms with Gasteiger partial charge in [0.05, 0.1) is 5.69 Å². The van der Waals surface area contributed by atoms with Crippen LogP contribution in [0.1, 0.15) is 22.6 Å². The monoisotopic (exact) mass is 392 g/mol. The van der Waals surface area contributed by atoms with Crippen LogP contribution in [0.15, 0.2) is 48.0 Å². The van der Waals surface area contributed by atoms with Gasteiger partial charge in [-0.25, -0.2) is 14.4 Å². The van der Waals surface area contributed by atoms with Gasteiger partial charge in [0.25, 0.3) is 5.91 Å².